The number of methoxy groups -OCH3 is 2. The Morgan fingerprint density at radius 3 is 2.67 bits per heavy atom. The monoisotopic (exact) mass is 487 g/mol. The highest BCUT2D eigenvalue weighted by Gasteiger charge is 2.17. The topological polar surface area (TPSA) is 142 Å². The smallest absolute Gasteiger partial charge is 0.279 e. The second-order valence-corrected chi connectivity index (χ2v) is 8.49. The summed E-state index contributed by atoms with van der Waals surface area (Å²) in [5.74, 6) is 1.23. The van der Waals surface area contributed by atoms with Crippen molar-refractivity contribution in [2.24, 2.45) is 0 Å². The van der Waals surface area contributed by atoms with Gasteiger partial charge in [-0.15, -0.1) is 10.2 Å². The van der Waals surface area contributed by atoms with E-state index < -0.39 is 5.91 Å². The third-order valence-corrected chi connectivity index (χ3v) is 6.10. The van der Waals surface area contributed by atoms with Gasteiger partial charge in [-0.25, -0.2) is 0 Å². The Morgan fingerprint density at radius 2 is 1.91 bits per heavy atom. The Bertz CT molecular complexity index is 1250. The molecule has 0 radical (unpaired) electrons. The molecule has 11 nitrogen and oxygen atoms in total. The van der Waals surface area contributed by atoms with Gasteiger partial charge in [-0.2, -0.15) is 0 Å². The zero-order chi connectivity index (χ0) is 23.2. The molecule has 0 fully saturated rings. The van der Waals surface area contributed by atoms with Crippen LogP contribution in [0.5, 0.6) is 11.5 Å². The predicted molar refractivity (Wildman–Crippen MR) is 121 cm³/mol. The molecule has 0 saturated carbocycles. The summed E-state index contributed by atoms with van der Waals surface area (Å²) in [6.07, 6.45) is 1.49. The molecule has 170 valence electrons. The molecule has 0 aliphatic carbocycles. The number of ether oxygens (including phenoxy) is 2. The molecule has 4 rings (SSSR count). The van der Waals surface area contributed by atoms with Crippen molar-refractivity contribution in [3.05, 3.63) is 48.4 Å². The van der Waals surface area contributed by atoms with Crippen LogP contribution >= 0.6 is 23.1 Å². The molecule has 3 heterocycles. The van der Waals surface area contributed by atoms with Crippen LogP contribution in [0.1, 0.15) is 10.5 Å². The van der Waals surface area contributed by atoms with Crippen LogP contribution in [0, 0.1) is 0 Å². The van der Waals surface area contributed by atoms with E-state index in [4.69, 9.17) is 18.4 Å². The van der Waals surface area contributed by atoms with Crippen LogP contribution in [0.4, 0.5) is 10.8 Å². The molecule has 2 N–H and O–H groups in total. The molecule has 0 aliphatic rings. The maximum Gasteiger partial charge on any atom is 0.279 e. The van der Waals surface area contributed by atoms with Crippen molar-refractivity contribution >= 4 is 45.7 Å². The molecule has 4 aromatic rings. The van der Waals surface area contributed by atoms with Crippen LogP contribution in [0.2, 0.25) is 0 Å². The summed E-state index contributed by atoms with van der Waals surface area (Å²) in [5.41, 5.74) is 0.644. The Labute approximate surface area is 195 Å². The molecule has 0 atom stereocenters. The normalized spacial score (nSPS) is 10.6. The molecule has 33 heavy (non-hydrogen) atoms. The van der Waals surface area contributed by atoms with E-state index in [0.29, 0.717) is 33.0 Å². The fourth-order valence-corrected chi connectivity index (χ4v) is 4.18. The Kier molecular flexibility index (Phi) is 6.90. The fourth-order valence-electron chi connectivity index (χ4n) is 2.64. The summed E-state index contributed by atoms with van der Waals surface area (Å²) in [5, 5.41) is 17.3. The van der Waals surface area contributed by atoms with Crippen LogP contribution in [-0.4, -0.2) is 47.1 Å². The number of hydrogen-bond donors (Lipinski definition) is 2. The van der Waals surface area contributed by atoms with Crippen molar-refractivity contribution in [3.8, 4) is 23.0 Å². The summed E-state index contributed by atoms with van der Waals surface area (Å²) in [6, 6.07) is 9.94. The van der Waals surface area contributed by atoms with Crippen molar-refractivity contribution in [3.63, 3.8) is 0 Å². The Balaban J connectivity index is 1.29. The zero-order valence-electron chi connectivity index (χ0n) is 17.4. The minimum Gasteiger partial charge on any atom is -0.493 e. The number of hydrogen-bond acceptors (Lipinski definition) is 11. The quantitative estimate of drug-likeness (QED) is 0.264. The van der Waals surface area contributed by atoms with E-state index in [1.807, 2.05) is 0 Å². The van der Waals surface area contributed by atoms with Gasteiger partial charge in [0.25, 0.3) is 5.91 Å². The van der Waals surface area contributed by atoms with Gasteiger partial charge in [0.05, 0.1) is 26.2 Å². The SMILES string of the molecule is COc1ccc(NC(=O)CSc2nnc(NC(=O)c3cc(-c4ccco4)on3)s2)cc1OC. The summed E-state index contributed by atoms with van der Waals surface area (Å²) < 4.78 is 21.2. The lowest BCUT2D eigenvalue weighted by Crippen LogP contribution is -2.14. The lowest BCUT2D eigenvalue weighted by molar-refractivity contribution is -0.113. The molecular weight excluding hydrogens is 470 g/mol. The maximum atomic E-state index is 12.4. The lowest BCUT2D eigenvalue weighted by Gasteiger charge is -2.10. The summed E-state index contributed by atoms with van der Waals surface area (Å²) >= 11 is 2.33. The van der Waals surface area contributed by atoms with Gasteiger partial charge < -0.3 is 23.7 Å². The van der Waals surface area contributed by atoms with Gasteiger partial charge in [0.2, 0.25) is 16.8 Å². The molecule has 13 heteroatoms. The maximum absolute atomic E-state index is 12.4. The second-order valence-electron chi connectivity index (χ2n) is 6.29. The van der Waals surface area contributed by atoms with E-state index in [0.717, 1.165) is 11.3 Å². The minimum absolute atomic E-state index is 0.0695. The van der Waals surface area contributed by atoms with Crippen molar-refractivity contribution < 1.29 is 28.0 Å². The number of benzene rings is 1. The zero-order valence-corrected chi connectivity index (χ0v) is 19.0. The van der Waals surface area contributed by atoms with Gasteiger partial charge in [-0.1, -0.05) is 28.3 Å². The van der Waals surface area contributed by atoms with E-state index in [-0.39, 0.29) is 22.5 Å². The molecule has 0 bridgehead atoms. The van der Waals surface area contributed by atoms with Crippen molar-refractivity contribution in [1.82, 2.24) is 15.4 Å². The van der Waals surface area contributed by atoms with Gasteiger partial charge in [0, 0.05) is 17.8 Å². The van der Waals surface area contributed by atoms with Gasteiger partial charge in [0.1, 0.15) is 0 Å². The minimum atomic E-state index is -0.504. The number of nitrogens with one attached hydrogen (secondary N) is 2. The van der Waals surface area contributed by atoms with E-state index >= 15 is 0 Å². The largest absolute Gasteiger partial charge is 0.493 e. The first-order valence-corrected chi connectivity index (χ1v) is 11.2. The van der Waals surface area contributed by atoms with Gasteiger partial charge in [-0.05, 0) is 24.3 Å². The lowest BCUT2D eigenvalue weighted by atomic mass is 10.2. The number of rotatable bonds is 9. The highest BCUT2D eigenvalue weighted by Crippen LogP contribution is 2.30. The Morgan fingerprint density at radius 1 is 1.06 bits per heavy atom. The first kappa shape index (κ1) is 22.4. The van der Waals surface area contributed by atoms with E-state index in [1.54, 1.807) is 30.3 Å². The van der Waals surface area contributed by atoms with E-state index in [1.165, 1.54) is 38.3 Å². The van der Waals surface area contributed by atoms with Crippen LogP contribution in [-0.2, 0) is 4.79 Å². The number of carbonyl (C=O) groups excluding carboxylic acids is 2. The molecule has 0 aliphatic heterocycles. The summed E-state index contributed by atoms with van der Waals surface area (Å²) in [7, 11) is 3.06. The third-order valence-electron chi connectivity index (χ3n) is 4.13. The van der Waals surface area contributed by atoms with Crippen LogP contribution < -0.4 is 20.1 Å². The Hall–Kier alpha value is -3.84. The second kappa shape index (κ2) is 10.2. The molecule has 3 aromatic heterocycles. The first-order valence-electron chi connectivity index (χ1n) is 9.36. The van der Waals surface area contributed by atoms with Crippen molar-refractivity contribution in [2.45, 2.75) is 4.34 Å². The number of aromatic nitrogens is 3. The van der Waals surface area contributed by atoms with Crippen molar-refractivity contribution in [1.29, 1.82) is 0 Å². The average molecular weight is 488 g/mol. The summed E-state index contributed by atoms with van der Waals surface area (Å²) in [6.45, 7) is 0. The van der Waals surface area contributed by atoms with Crippen LogP contribution in [0.3, 0.4) is 0 Å². The fraction of sp³-hybridized carbons (Fsp3) is 0.150. The van der Waals surface area contributed by atoms with Gasteiger partial charge >= 0.3 is 0 Å². The highest BCUT2D eigenvalue weighted by molar-refractivity contribution is 8.01. The standard InChI is InChI=1S/C20H17N5O6S2/c1-28-13-6-5-11(8-15(13)29-2)21-17(26)10-32-20-24-23-19(33-20)22-18(27)12-9-16(31-25-12)14-4-3-7-30-14/h3-9H,10H2,1-2H3,(H,21,26)(H,22,23,27). The number of thioether (sulfide) groups is 1. The number of anilines is 2. The number of amides is 2. The molecule has 0 spiro atoms. The number of furan rings is 1. The van der Waals surface area contributed by atoms with Gasteiger partial charge in [0.15, 0.2) is 27.3 Å². The molecule has 2 amide bonds. The van der Waals surface area contributed by atoms with E-state index in [2.05, 4.69) is 26.0 Å². The molecule has 0 saturated heterocycles. The number of nitrogens with zero attached hydrogens (tertiary/aromatic N) is 3. The third kappa shape index (κ3) is 5.51. The summed E-state index contributed by atoms with van der Waals surface area (Å²) in [4.78, 5) is 24.6. The molecule has 0 unspecified atom stereocenters. The molecule has 1 aromatic carbocycles. The number of carbonyl (C=O) groups is 2. The average Bonchev–Trinajstić information content (AvgIpc) is 3.59. The highest BCUT2D eigenvalue weighted by atomic mass is 32.2. The van der Waals surface area contributed by atoms with Crippen LogP contribution in [0.25, 0.3) is 11.5 Å². The first-order chi connectivity index (χ1) is 16.1. The molecular formula is C20H17N5O6S2. The van der Waals surface area contributed by atoms with Crippen molar-refractivity contribution in [2.75, 3.05) is 30.6 Å². The van der Waals surface area contributed by atoms with Gasteiger partial charge in [-0.3, -0.25) is 14.9 Å². The van der Waals surface area contributed by atoms with E-state index in [9.17, 15) is 9.59 Å². The predicted octanol–water partition coefficient (Wildman–Crippen LogP) is 3.79. The van der Waals surface area contributed by atoms with Crippen LogP contribution in [0.15, 0.2) is 55.9 Å².